The number of anilines is 4. The molecule has 1 saturated heterocycles. The first-order chi connectivity index (χ1) is 14.1. The zero-order valence-corrected chi connectivity index (χ0v) is 17.3. The molecular formula is C20H29N7O2. The second kappa shape index (κ2) is 9.90. The van der Waals surface area contributed by atoms with E-state index in [0.29, 0.717) is 38.7 Å². The van der Waals surface area contributed by atoms with Crippen LogP contribution in [0.25, 0.3) is 0 Å². The molecule has 0 atom stereocenters. The van der Waals surface area contributed by atoms with Gasteiger partial charge in [0.1, 0.15) is 0 Å². The standard InChI is InChI=1S/C20H29N7O2/c1-4-25(5-2)17-9-7-16(8-10-17)22-19-23-18(15-21-24-19)26-11-13-27(14-12-26)20(28)29-6-3/h7-10,15H,4-6,11-14H2,1-3H3,(H,22,23,24). The van der Waals surface area contributed by atoms with Gasteiger partial charge in [-0.2, -0.15) is 10.1 Å². The predicted octanol–water partition coefficient (Wildman–Crippen LogP) is 2.74. The zero-order valence-electron chi connectivity index (χ0n) is 17.3. The van der Waals surface area contributed by atoms with E-state index in [1.807, 2.05) is 19.1 Å². The van der Waals surface area contributed by atoms with E-state index in [1.165, 1.54) is 5.69 Å². The average Bonchev–Trinajstić information content (AvgIpc) is 2.76. The molecule has 2 aromatic rings. The number of nitrogens with one attached hydrogen (secondary N) is 1. The lowest BCUT2D eigenvalue weighted by molar-refractivity contribution is 0.105. The van der Waals surface area contributed by atoms with Crippen molar-refractivity contribution in [2.75, 3.05) is 61.0 Å². The van der Waals surface area contributed by atoms with E-state index in [-0.39, 0.29) is 6.09 Å². The number of aromatic nitrogens is 3. The fourth-order valence-electron chi connectivity index (χ4n) is 3.31. The molecule has 9 nitrogen and oxygen atoms in total. The first kappa shape index (κ1) is 20.6. The van der Waals surface area contributed by atoms with Gasteiger partial charge in [-0.25, -0.2) is 4.79 Å². The number of rotatable bonds is 7. The SMILES string of the molecule is CCOC(=O)N1CCN(c2cnnc(Nc3ccc(N(CC)CC)cc3)n2)CC1. The number of carbonyl (C=O) groups is 1. The normalized spacial score (nSPS) is 13.9. The van der Waals surface area contributed by atoms with E-state index in [2.05, 4.69) is 56.3 Å². The van der Waals surface area contributed by atoms with Crippen molar-refractivity contribution >= 4 is 29.2 Å². The molecule has 1 N–H and O–H groups in total. The highest BCUT2D eigenvalue weighted by molar-refractivity contribution is 5.68. The summed E-state index contributed by atoms with van der Waals surface area (Å²) in [5, 5.41) is 11.4. The molecule has 0 radical (unpaired) electrons. The molecule has 0 aliphatic carbocycles. The molecule has 1 aromatic carbocycles. The summed E-state index contributed by atoms with van der Waals surface area (Å²) >= 11 is 0. The molecule has 2 heterocycles. The van der Waals surface area contributed by atoms with E-state index in [4.69, 9.17) is 4.74 Å². The smallest absolute Gasteiger partial charge is 0.409 e. The molecule has 0 unspecified atom stereocenters. The Kier molecular flexibility index (Phi) is 7.04. The maximum atomic E-state index is 11.8. The van der Waals surface area contributed by atoms with Crippen molar-refractivity contribution in [3.63, 3.8) is 0 Å². The van der Waals surface area contributed by atoms with Crippen molar-refractivity contribution in [3.05, 3.63) is 30.5 Å². The Bertz CT molecular complexity index is 788. The third-order valence-electron chi connectivity index (χ3n) is 4.93. The van der Waals surface area contributed by atoms with Crippen LogP contribution in [0.4, 0.5) is 27.9 Å². The van der Waals surface area contributed by atoms with Crippen LogP contribution in [-0.4, -0.2) is 72.0 Å². The fourth-order valence-corrected chi connectivity index (χ4v) is 3.31. The summed E-state index contributed by atoms with van der Waals surface area (Å²) in [5.41, 5.74) is 2.10. The second-order valence-electron chi connectivity index (χ2n) is 6.66. The largest absolute Gasteiger partial charge is 0.450 e. The minimum atomic E-state index is -0.261. The van der Waals surface area contributed by atoms with Crippen LogP contribution in [0.1, 0.15) is 20.8 Å². The second-order valence-corrected chi connectivity index (χ2v) is 6.66. The van der Waals surface area contributed by atoms with E-state index >= 15 is 0 Å². The predicted molar refractivity (Wildman–Crippen MR) is 114 cm³/mol. The van der Waals surface area contributed by atoms with Crippen molar-refractivity contribution in [2.24, 2.45) is 0 Å². The molecule has 0 bridgehead atoms. The number of hydrogen-bond donors (Lipinski definition) is 1. The summed E-state index contributed by atoms with van der Waals surface area (Å²) in [5.74, 6) is 1.19. The number of carbonyl (C=O) groups excluding carboxylic acids is 1. The van der Waals surface area contributed by atoms with Gasteiger partial charge in [0.05, 0.1) is 12.8 Å². The minimum absolute atomic E-state index is 0.261. The number of piperazine rings is 1. The Morgan fingerprint density at radius 2 is 1.79 bits per heavy atom. The fraction of sp³-hybridized carbons (Fsp3) is 0.500. The summed E-state index contributed by atoms with van der Waals surface area (Å²) in [6.45, 7) is 11.0. The van der Waals surface area contributed by atoms with Crippen molar-refractivity contribution in [1.29, 1.82) is 0 Å². The van der Waals surface area contributed by atoms with Gasteiger partial charge in [0.2, 0.25) is 5.95 Å². The van der Waals surface area contributed by atoms with Gasteiger partial charge in [0.25, 0.3) is 0 Å². The molecule has 1 fully saturated rings. The summed E-state index contributed by atoms with van der Waals surface area (Å²) in [7, 11) is 0. The number of hydrogen-bond acceptors (Lipinski definition) is 8. The van der Waals surface area contributed by atoms with Gasteiger partial charge >= 0.3 is 6.09 Å². The Morgan fingerprint density at radius 3 is 2.41 bits per heavy atom. The van der Waals surface area contributed by atoms with E-state index < -0.39 is 0 Å². The van der Waals surface area contributed by atoms with Crippen LogP contribution in [0.15, 0.2) is 30.5 Å². The Balaban J connectivity index is 1.61. The third kappa shape index (κ3) is 5.24. The Labute approximate surface area is 171 Å². The third-order valence-corrected chi connectivity index (χ3v) is 4.93. The number of amides is 1. The molecule has 1 amide bonds. The first-order valence-electron chi connectivity index (χ1n) is 10.1. The van der Waals surface area contributed by atoms with Gasteiger partial charge < -0.3 is 24.8 Å². The summed E-state index contributed by atoms with van der Waals surface area (Å²) < 4.78 is 5.06. The highest BCUT2D eigenvalue weighted by atomic mass is 16.6. The quantitative estimate of drug-likeness (QED) is 0.761. The van der Waals surface area contributed by atoms with E-state index in [9.17, 15) is 4.79 Å². The van der Waals surface area contributed by atoms with Gasteiger partial charge in [0, 0.05) is 50.6 Å². The topological polar surface area (TPSA) is 86.7 Å². The Hall–Kier alpha value is -3.10. The molecule has 156 valence electrons. The van der Waals surface area contributed by atoms with Crippen LogP contribution < -0.4 is 15.1 Å². The van der Waals surface area contributed by atoms with Crippen LogP contribution in [0.5, 0.6) is 0 Å². The van der Waals surface area contributed by atoms with Crippen LogP contribution in [-0.2, 0) is 4.74 Å². The van der Waals surface area contributed by atoms with Crippen LogP contribution in [0.3, 0.4) is 0 Å². The molecular weight excluding hydrogens is 370 g/mol. The molecule has 1 aromatic heterocycles. The molecule has 0 saturated carbocycles. The van der Waals surface area contributed by atoms with Crippen molar-refractivity contribution in [1.82, 2.24) is 20.1 Å². The van der Waals surface area contributed by atoms with Gasteiger partial charge in [-0.1, -0.05) is 0 Å². The molecule has 1 aliphatic rings. The summed E-state index contributed by atoms with van der Waals surface area (Å²) in [6, 6.07) is 8.20. The zero-order chi connectivity index (χ0) is 20.6. The first-order valence-corrected chi connectivity index (χ1v) is 10.1. The van der Waals surface area contributed by atoms with Gasteiger partial charge in [0.15, 0.2) is 5.82 Å². The number of nitrogens with zero attached hydrogens (tertiary/aromatic N) is 6. The highest BCUT2D eigenvalue weighted by Gasteiger charge is 2.23. The lowest BCUT2D eigenvalue weighted by Gasteiger charge is -2.34. The van der Waals surface area contributed by atoms with Crippen LogP contribution in [0.2, 0.25) is 0 Å². The average molecular weight is 399 g/mol. The van der Waals surface area contributed by atoms with Gasteiger partial charge in [-0.15, -0.1) is 5.10 Å². The summed E-state index contributed by atoms with van der Waals surface area (Å²) in [4.78, 5) is 22.5. The van der Waals surface area contributed by atoms with Crippen LogP contribution >= 0.6 is 0 Å². The lowest BCUT2D eigenvalue weighted by Crippen LogP contribution is -2.49. The van der Waals surface area contributed by atoms with Crippen LogP contribution in [0, 0.1) is 0 Å². The molecule has 9 heteroatoms. The van der Waals surface area contributed by atoms with Crippen molar-refractivity contribution in [3.8, 4) is 0 Å². The molecule has 1 aliphatic heterocycles. The molecule has 3 rings (SSSR count). The maximum Gasteiger partial charge on any atom is 0.409 e. The number of benzene rings is 1. The van der Waals surface area contributed by atoms with Gasteiger partial charge in [-0.3, -0.25) is 0 Å². The number of ether oxygens (including phenoxy) is 1. The monoisotopic (exact) mass is 399 g/mol. The van der Waals surface area contributed by atoms with E-state index in [0.717, 1.165) is 24.6 Å². The maximum absolute atomic E-state index is 11.8. The highest BCUT2D eigenvalue weighted by Crippen LogP contribution is 2.21. The lowest BCUT2D eigenvalue weighted by atomic mass is 10.2. The van der Waals surface area contributed by atoms with Crippen molar-refractivity contribution < 1.29 is 9.53 Å². The van der Waals surface area contributed by atoms with Crippen molar-refractivity contribution in [2.45, 2.75) is 20.8 Å². The molecule has 0 spiro atoms. The summed E-state index contributed by atoms with van der Waals surface area (Å²) in [6.07, 6.45) is 1.39. The van der Waals surface area contributed by atoms with Gasteiger partial charge in [-0.05, 0) is 45.0 Å². The minimum Gasteiger partial charge on any atom is -0.450 e. The Morgan fingerprint density at radius 1 is 1.10 bits per heavy atom. The molecule has 29 heavy (non-hydrogen) atoms. The van der Waals surface area contributed by atoms with E-state index in [1.54, 1.807) is 11.1 Å².